The van der Waals surface area contributed by atoms with Gasteiger partial charge in [-0.3, -0.25) is 24.8 Å². The molecule has 106 valence electrons. The lowest BCUT2D eigenvalue weighted by Crippen LogP contribution is -2.52. The highest BCUT2D eigenvalue weighted by Gasteiger charge is 2.30. The summed E-state index contributed by atoms with van der Waals surface area (Å²) in [6.45, 7) is 1.20. The van der Waals surface area contributed by atoms with Gasteiger partial charge in [0.2, 0.25) is 0 Å². The van der Waals surface area contributed by atoms with Gasteiger partial charge in [0.15, 0.2) is 0 Å². The standard InChI is InChI=1S/C12H15N5O3/c1-16-4-5-17(12(20)11(16)19)7-9-3-2-8(6-14-9)10(18)15-13/h2-3,6H,4-5,7,13H2,1H3,(H,15,18). The molecule has 1 aromatic rings. The summed E-state index contributed by atoms with van der Waals surface area (Å²) in [7, 11) is 1.59. The highest BCUT2D eigenvalue weighted by molar-refractivity contribution is 6.35. The first kappa shape index (κ1) is 13.9. The van der Waals surface area contributed by atoms with Crippen LogP contribution in [-0.2, 0) is 16.1 Å². The SMILES string of the molecule is CN1CCN(Cc2ccc(C(=O)NN)cn2)C(=O)C1=O. The molecular weight excluding hydrogens is 262 g/mol. The molecule has 0 unspecified atom stereocenters. The van der Waals surface area contributed by atoms with Gasteiger partial charge in [-0.05, 0) is 12.1 Å². The van der Waals surface area contributed by atoms with E-state index in [4.69, 9.17) is 5.84 Å². The van der Waals surface area contributed by atoms with Crippen molar-refractivity contribution in [2.45, 2.75) is 6.54 Å². The maximum atomic E-state index is 11.8. The first-order valence-corrected chi connectivity index (χ1v) is 6.03. The fourth-order valence-corrected chi connectivity index (χ4v) is 1.85. The van der Waals surface area contributed by atoms with Gasteiger partial charge < -0.3 is 9.80 Å². The van der Waals surface area contributed by atoms with Crippen molar-refractivity contribution in [2.24, 2.45) is 5.84 Å². The highest BCUT2D eigenvalue weighted by Crippen LogP contribution is 2.08. The molecule has 0 saturated carbocycles. The molecule has 3 amide bonds. The van der Waals surface area contributed by atoms with Crippen LogP contribution in [0.5, 0.6) is 0 Å². The monoisotopic (exact) mass is 277 g/mol. The summed E-state index contributed by atoms with van der Waals surface area (Å²) in [4.78, 5) is 41.5. The molecule has 2 rings (SSSR count). The normalized spacial score (nSPS) is 15.5. The predicted octanol–water partition coefficient (Wildman–Crippen LogP) is -1.51. The van der Waals surface area contributed by atoms with Gasteiger partial charge in [0.05, 0.1) is 17.8 Å². The quantitative estimate of drug-likeness (QED) is 0.302. The second kappa shape index (κ2) is 5.66. The van der Waals surface area contributed by atoms with E-state index < -0.39 is 17.7 Å². The van der Waals surface area contributed by atoms with Crippen molar-refractivity contribution >= 4 is 17.7 Å². The van der Waals surface area contributed by atoms with Crippen LogP contribution in [0.4, 0.5) is 0 Å². The largest absolute Gasteiger partial charge is 0.336 e. The summed E-state index contributed by atoms with van der Waals surface area (Å²) in [6.07, 6.45) is 1.37. The number of nitrogens with two attached hydrogens (primary N) is 1. The average Bonchev–Trinajstić information content (AvgIpc) is 2.48. The summed E-state index contributed by atoms with van der Waals surface area (Å²) in [5, 5.41) is 0. The van der Waals surface area contributed by atoms with Gasteiger partial charge in [0.1, 0.15) is 0 Å². The molecule has 1 aliphatic heterocycles. The van der Waals surface area contributed by atoms with E-state index in [9.17, 15) is 14.4 Å². The van der Waals surface area contributed by atoms with Crippen molar-refractivity contribution < 1.29 is 14.4 Å². The van der Waals surface area contributed by atoms with Gasteiger partial charge in [-0.2, -0.15) is 0 Å². The Hall–Kier alpha value is -2.48. The van der Waals surface area contributed by atoms with Gasteiger partial charge in [0, 0.05) is 26.3 Å². The molecule has 1 fully saturated rings. The topological polar surface area (TPSA) is 109 Å². The minimum Gasteiger partial charge on any atom is -0.336 e. The zero-order chi connectivity index (χ0) is 14.7. The number of carbonyl (C=O) groups is 3. The Bertz CT molecular complexity index is 543. The van der Waals surface area contributed by atoms with E-state index in [0.29, 0.717) is 24.3 Å². The Morgan fingerprint density at radius 1 is 1.35 bits per heavy atom. The second-order valence-electron chi connectivity index (χ2n) is 4.47. The van der Waals surface area contributed by atoms with Crippen LogP contribution in [0.25, 0.3) is 0 Å². The molecule has 8 heteroatoms. The number of nitrogens with one attached hydrogen (secondary N) is 1. The van der Waals surface area contributed by atoms with Crippen LogP contribution < -0.4 is 11.3 Å². The van der Waals surface area contributed by atoms with Crippen LogP contribution in [0, 0.1) is 0 Å². The summed E-state index contributed by atoms with van der Waals surface area (Å²) in [6, 6.07) is 3.19. The maximum Gasteiger partial charge on any atom is 0.312 e. The lowest BCUT2D eigenvalue weighted by molar-refractivity contribution is -0.155. The van der Waals surface area contributed by atoms with Gasteiger partial charge in [0.25, 0.3) is 5.91 Å². The number of pyridine rings is 1. The molecule has 0 aromatic carbocycles. The third kappa shape index (κ3) is 2.75. The van der Waals surface area contributed by atoms with Crippen molar-refractivity contribution in [1.82, 2.24) is 20.2 Å². The fourth-order valence-electron chi connectivity index (χ4n) is 1.85. The van der Waals surface area contributed by atoms with Crippen LogP contribution in [0.15, 0.2) is 18.3 Å². The number of nitrogen functional groups attached to an aromatic ring is 1. The Labute approximate surface area is 115 Å². The van der Waals surface area contributed by atoms with Crippen molar-refractivity contribution in [3.63, 3.8) is 0 Å². The van der Waals surface area contributed by atoms with Gasteiger partial charge in [-0.15, -0.1) is 0 Å². The number of piperazine rings is 1. The summed E-state index contributed by atoms with van der Waals surface area (Å²) < 4.78 is 0. The van der Waals surface area contributed by atoms with Crippen molar-refractivity contribution in [2.75, 3.05) is 20.1 Å². The molecule has 1 aliphatic rings. The molecule has 0 radical (unpaired) electrons. The maximum absolute atomic E-state index is 11.8. The first-order chi connectivity index (χ1) is 9.52. The Balaban J connectivity index is 2.05. The van der Waals surface area contributed by atoms with Crippen molar-refractivity contribution in [3.8, 4) is 0 Å². The number of hydrazine groups is 1. The molecule has 20 heavy (non-hydrogen) atoms. The molecule has 0 atom stereocenters. The van der Waals surface area contributed by atoms with E-state index in [-0.39, 0.29) is 6.54 Å². The van der Waals surface area contributed by atoms with Crippen LogP contribution in [-0.4, -0.2) is 52.6 Å². The Morgan fingerprint density at radius 3 is 2.70 bits per heavy atom. The summed E-state index contributed by atoms with van der Waals surface area (Å²) >= 11 is 0. The predicted molar refractivity (Wildman–Crippen MR) is 68.9 cm³/mol. The zero-order valence-corrected chi connectivity index (χ0v) is 11.0. The number of rotatable bonds is 3. The van der Waals surface area contributed by atoms with Crippen LogP contribution >= 0.6 is 0 Å². The number of carbonyl (C=O) groups excluding carboxylic acids is 3. The molecule has 0 aliphatic carbocycles. The van der Waals surface area contributed by atoms with Gasteiger partial charge in [-0.25, -0.2) is 5.84 Å². The van der Waals surface area contributed by atoms with E-state index in [1.807, 2.05) is 5.43 Å². The molecular formula is C12H15N5O3. The molecule has 8 nitrogen and oxygen atoms in total. The molecule has 0 spiro atoms. The smallest absolute Gasteiger partial charge is 0.312 e. The third-order valence-electron chi connectivity index (χ3n) is 3.09. The molecule has 0 bridgehead atoms. The number of hydrogen-bond donors (Lipinski definition) is 2. The lowest BCUT2D eigenvalue weighted by Gasteiger charge is -2.31. The summed E-state index contributed by atoms with van der Waals surface area (Å²) in [5.74, 6) is 3.52. The van der Waals surface area contributed by atoms with E-state index in [1.54, 1.807) is 19.2 Å². The van der Waals surface area contributed by atoms with Gasteiger partial charge >= 0.3 is 11.8 Å². The average molecular weight is 277 g/mol. The molecule has 3 N–H and O–H groups in total. The number of likely N-dealkylation sites (N-methyl/N-ethyl adjacent to an activating group) is 1. The number of nitrogens with zero attached hydrogens (tertiary/aromatic N) is 3. The van der Waals surface area contributed by atoms with E-state index in [0.717, 1.165) is 0 Å². The highest BCUT2D eigenvalue weighted by atomic mass is 16.2. The van der Waals surface area contributed by atoms with Crippen LogP contribution in [0.2, 0.25) is 0 Å². The van der Waals surface area contributed by atoms with E-state index >= 15 is 0 Å². The van der Waals surface area contributed by atoms with Gasteiger partial charge in [-0.1, -0.05) is 0 Å². The number of aromatic nitrogens is 1. The van der Waals surface area contributed by atoms with E-state index in [1.165, 1.54) is 16.0 Å². The second-order valence-corrected chi connectivity index (χ2v) is 4.47. The summed E-state index contributed by atoms with van der Waals surface area (Å²) in [5.41, 5.74) is 2.94. The number of hydrogen-bond acceptors (Lipinski definition) is 5. The molecule has 1 aromatic heterocycles. The first-order valence-electron chi connectivity index (χ1n) is 6.03. The Kier molecular flexibility index (Phi) is 3.94. The zero-order valence-electron chi connectivity index (χ0n) is 11.0. The van der Waals surface area contributed by atoms with E-state index in [2.05, 4.69) is 4.98 Å². The molecule has 2 heterocycles. The molecule has 1 saturated heterocycles. The van der Waals surface area contributed by atoms with Crippen LogP contribution in [0.1, 0.15) is 16.1 Å². The Morgan fingerprint density at radius 2 is 2.10 bits per heavy atom. The minimum absolute atomic E-state index is 0.239. The van der Waals surface area contributed by atoms with Crippen molar-refractivity contribution in [3.05, 3.63) is 29.6 Å². The lowest BCUT2D eigenvalue weighted by atomic mass is 10.2. The third-order valence-corrected chi connectivity index (χ3v) is 3.09. The van der Waals surface area contributed by atoms with Crippen LogP contribution in [0.3, 0.4) is 0 Å². The van der Waals surface area contributed by atoms with Crippen molar-refractivity contribution in [1.29, 1.82) is 0 Å². The fraction of sp³-hybridized carbons (Fsp3) is 0.333. The number of amides is 3. The minimum atomic E-state index is -0.538.